The molecule has 0 spiro atoms. The molecule has 0 aromatic heterocycles. The first kappa shape index (κ1) is 4.01. The summed E-state index contributed by atoms with van der Waals surface area (Å²) < 4.78 is 4.05. The number of carbonyl (C=O) groups excluding carboxylic acids is 1. The van der Waals surface area contributed by atoms with Gasteiger partial charge in [0.15, 0.2) is 0 Å². The quantitative estimate of drug-likeness (QED) is 0.309. The Bertz CT molecular complexity index is 20.0. The van der Waals surface area contributed by atoms with Gasteiger partial charge >= 0.3 is 31.9 Å². The van der Waals surface area contributed by atoms with Crippen LogP contribution in [0.25, 0.3) is 0 Å². The summed E-state index contributed by atoms with van der Waals surface area (Å²) in [6, 6.07) is 0. The van der Waals surface area contributed by atoms with Gasteiger partial charge in [-0.05, 0) is 0 Å². The van der Waals surface area contributed by atoms with Crippen molar-refractivity contribution in [2.24, 2.45) is 0 Å². The van der Waals surface area contributed by atoms with Crippen molar-refractivity contribution in [3.05, 3.63) is 0 Å². The summed E-state index contributed by atoms with van der Waals surface area (Å²) in [7, 11) is 0. The van der Waals surface area contributed by atoms with Crippen molar-refractivity contribution in [2.45, 2.75) is 0 Å². The van der Waals surface area contributed by atoms with Crippen molar-refractivity contribution in [1.82, 2.24) is 0 Å². The fourth-order valence-electron chi connectivity index (χ4n) is 0. The molecule has 0 aliphatic rings. The summed E-state index contributed by atoms with van der Waals surface area (Å²) >= 11 is 0.245. The average molecular weight is 121 g/mol. The van der Waals surface area contributed by atoms with Crippen molar-refractivity contribution in [1.29, 1.82) is 0 Å². The monoisotopic (exact) mass is 122 g/mol. The Hall–Kier alpha value is 0.0129. The molecule has 0 fully saturated rings. The van der Waals surface area contributed by atoms with Crippen molar-refractivity contribution in [3.8, 4) is 0 Å². The Morgan fingerprint density at radius 3 is 2.25 bits per heavy atom. The van der Waals surface area contributed by atoms with Crippen LogP contribution in [0.4, 0.5) is 0 Å². The number of hydrogen-bond acceptors (Lipinski definition) is 2. The van der Waals surface area contributed by atoms with Crippen LogP contribution in [0.15, 0.2) is 0 Å². The summed E-state index contributed by atoms with van der Waals surface area (Å²) in [6.45, 7) is 0.458. The Kier molecular flexibility index (Phi) is 3.02. The van der Waals surface area contributed by atoms with Crippen LogP contribution in [0.2, 0.25) is 0 Å². The molecular formula is CH4GeO2. The van der Waals surface area contributed by atoms with Gasteiger partial charge in [0, 0.05) is 0 Å². The molecule has 0 saturated carbocycles. The Morgan fingerprint density at radius 2 is 2.25 bits per heavy atom. The van der Waals surface area contributed by atoms with E-state index in [2.05, 4.69) is 3.76 Å². The predicted octanol–water partition coefficient (Wildman–Crippen LogP) is -1.56. The Morgan fingerprint density at radius 1 is 2.00 bits per heavy atom. The van der Waals surface area contributed by atoms with Crippen molar-refractivity contribution in [2.75, 3.05) is 0 Å². The van der Waals surface area contributed by atoms with E-state index in [1.54, 1.807) is 0 Å². The molecule has 0 radical (unpaired) electrons. The van der Waals surface area contributed by atoms with E-state index in [4.69, 9.17) is 4.79 Å². The topological polar surface area (TPSA) is 26.3 Å². The third-order valence-electron chi connectivity index (χ3n) is 0.0962. The van der Waals surface area contributed by atoms with Crippen LogP contribution in [-0.4, -0.2) is 23.3 Å². The molecule has 0 aromatic rings. The van der Waals surface area contributed by atoms with Crippen LogP contribution in [0.3, 0.4) is 0 Å². The maximum atomic E-state index is 9.00. The fraction of sp³-hybridized carbons (Fsp3) is 0. The molecule has 0 aliphatic carbocycles. The molecule has 2 nitrogen and oxygen atoms in total. The van der Waals surface area contributed by atoms with E-state index < -0.39 is 0 Å². The van der Waals surface area contributed by atoms with Crippen molar-refractivity contribution in [3.63, 3.8) is 0 Å². The molecule has 0 rings (SSSR count). The van der Waals surface area contributed by atoms with Crippen molar-refractivity contribution >= 4 is 23.3 Å². The molecule has 3 heteroatoms. The molecule has 4 heavy (non-hydrogen) atoms. The van der Waals surface area contributed by atoms with E-state index >= 15 is 0 Å². The summed E-state index contributed by atoms with van der Waals surface area (Å²) in [4.78, 5) is 9.00. The molecule has 0 amide bonds. The first-order chi connectivity index (χ1) is 1.91. The zero-order valence-electron chi connectivity index (χ0n) is 2.39. The first-order valence-corrected chi connectivity index (χ1v) is 2.59. The number of hydrogen-bond donors (Lipinski definition) is 0. The second-order valence-electron chi connectivity index (χ2n) is 0.332. The van der Waals surface area contributed by atoms with Gasteiger partial charge < -0.3 is 0 Å². The van der Waals surface area contributed by atoms with Crippen LogP contribution in [0, 0.1) is 0 Å². The number of rotatable bonds is 1. The van der Waals surface area contributed by atoms with Gasteiger partial charge in [0.1, 0.15) is 0 Å². The molecule has 0 N–H and O–H groups in total. The van der Waals surface area contributed by atoms with Crippen LogP contribution in [0.5, 0.6) is 0 Å². The van der Waals surface area contributed by atoms with E-state index in [1.165, 1.54) is 0 Å². The summed E-state index contributed by atoms with van der Waals surface area (Å²) in [5.41, 5.74) is 0. The number of carbonyl (C=O) groups is 1. The molecule has 0 saturated heterocycles. The van der Waals surface area contributed by atoms with E-state index in [9.17, 15) is 0 Å². The molecule has 24 valence electrons. The standard InChI is InChI=1S/CH4GeO2/c2-4-1-3/h1H,2H3. The minimum absolute atomic E-state index is 0.245. The summed E-state index contributed by atoms with van der Waals surface area (Å²) in [6.07, 6.45) is 0. The van der Waals surface area contributed by atoms with Crippen LogP contribution in [-0.2, 0) is 8.56 Å². The van der Waals surface area contributed by atoms with Gasteiger partial charge in [-0.1, -0.05) is 0 Å². The molecule has 0 bridgehead atoms. The average Bonchev–Trinajstić information content (AvgIpc) is 1.37. The van der Waals surface area contributed by atoms with Gasteiger partial charge in [0.25, 0.3) is 0 Å². The minimum atomic E-state index is 0.245. The Labute approximate surface area is 32.7 Å². The normalized spacial score (nSPS) is 6.00. The molecule has 0 heterocycles. The summed E-state index contributed by atoms with van der Waals surface area (Å²) in [5.74, 6) is 0. The van der Waals surface area contributed by atoms with Gasteiger partial charge in [-0.15, -0.1) is 0 Å². The second-order valence-corrected chi connectivity index (χ2v) is 1.32. The molecule has 0 unspecified atom stereocenters. The van der Waals surface area contributed by atoms with Gasteiger partial charge in [-0.2, -0.15) is 0 Å². The van der Waals surface area contributed by atoms with Gasteiger partial charge in [0.2, 0.25) is 0 Å². The Balaban J connectivity index is 2.30. The van der Waals surface area contributed by atoms with Gasteiger partial charge in [0.05, 0.1) is 0 Å². The molecule has 0 aliphatic heterocycles. The third-order valence-corrected chi connectivity index (χ3v) is 0.500. The van der Waals surface area contributed by atoms with Crippen LogP contribution < -0.4 is 0 Å². The SMILES string of the molecule is O=C[O][GeH3]. The summed E-state index contributed by atoms with van der Waals surface area (Å²) in [5, 5.41) is 0. The van der Waals surface area contributed by atoms with E-state index in [1.807, 2.05) is 0 Å². The van der Waals surface area contributed by atoms with Gasteiger partial charge in [-0.25, -0.2) is 0 Å². The van der Waals surface area contributed by atoms with Crippen LogP contribution >= 0.6 is 0 Å². The van der Waals surface area contributed by atoms with Gasteiger partial charge in [-0.3, -0.25) is 0 Å². The zero-order chi connectivity index (χ0) is 3.41. The molecule has 0 atom stereocenters. The van der Waals surface area contributed by atoms with E-state index in [-0.39, 0.29) is 16.9 Å². The second kappa shape index (κ2) is 3.01. The first-order valence-electron chi connectivity index (χ1n) is 0.880. The maximum absolute atomic E-state index is 9.00. The van der Waals surface area contributed by atoms with Crippen molar-refractivity contribution < 1.29 is 8.56 Å². The molecule has 0 aromatic carbocycles. The van der Waals surface area contributed by atoms with E-state index in [0.717, 1.165) is 0 Å². The third kappa shape index (κ3) is 2.01. The van der Waals surface area contributed by atoms with E-state index in [0.29, 0.717) is 6.47 Å². The zero-order valence-corrected chi connectivity index (χ0v) is 6.59. The predicted molar refractivity (Wildman–Crippen MR) is 17.1 cm³/mol. The molecular weight excluding hydrogens is 117 g/mol. The van der Waals surface area contributed by atoms with Crippen LogP contribution in [0.1, 0.15) is 0 Å². The fourth-order valence-corrected chi connectivity index (χ4v) is 0.